The summed E-state index contributed by atoms with van der Waals surface area (Å²) in [5.74, 6) is 0.869. The highest BCUT2D eigenvalue weighted by molar-refractivity contribution is 7.07. The molecule has 0 radical (unpaired) electrons. The molecule has 2 N–H and O–H groups in total. The molecule has 7 heteroatoms. The molecule has 0 aliphatic carbocycles. The first-order valence-electron chi connectivity index (χ1n) is 8.34. The van der Waals surface area contributed by atoms with Crippen LogP contribution in [0.3, 0.4) is 0 Å². The number of ether oxygens (including phenoxy) is 1. The van der Waals surface area contributed by atoms with Gasteiger partial charge in [-0.1, -0.05) is 6.07 Å². The van der Waals surface area contributed by atoms with E-state index in [-0.39, 0.29) is 18.5 Å². The van der Waals surface area contributed by atoms with Crippen molar-refractivity contribution in [3.05, 3.63) is 40.6 Å². The van der Waals surface area contributed by atoms with Gasteiger partial charge in [0.2, 0.25) is 0 Å². The fraction of sp³-hybridized carbons (Fsp3) is 0.333. The van der Waals surface area contributed by atoms with Gasteiger partial charge in [0.15, 0.2) is 12.4 Å². The van der Waals surface area contributed by atoms with Crippen LogP contribution in [0.5, 0.6) is 5.75 Å². The van der Waals surface area contributed by atoms with Gasteiger partial charge in [0, 0.05) is 13.1 Å². The Labute approximate surface area is 149 Å². The van der Waals surface area contributed by atoms with E-state index in [9.17, 15) is 9.59 Å². The molecule has 130 valence electrons. The Morgan fingerprint density at radius 1 is 1.28 bits per heavy atom. The monoisotopic (exact) mass is 357 g/mol. The summed E-state index contributed by atoms with van der Waals surface area (Å²) >= 11 is 1.72. The van der Waals surface area contributed by atoms with E-state index in [2.05, 4.69) is 27.5 Å². The molecule has 3 amide bonds. The van der Waals surface area contributed by atoms with Crippen molar-refractivity contribution < 1.29 is 14.3 Å². The van der Waals surface area contributed by atoms with E-state index in [0.29, 0.717) is 23.0 Å². The fourth-order valence-electron chi connectivity index (χ4n) is 3.33. The van der Waals surface area contributed by atoms with Gasteiger partial charge in [-0.25, -0.2) is 4.79 Å². The minimum Gasteiger partial charge on any atom is -0.479 e. The molecular formula is C18H19N3O3S. The maximum Gasteiger partial charge on any atom is 0.321 e. The number of anilines is 2. The number of thiophene rings is 1. The molecule has 4 rings (SSSR count). The second-order valence-electron chi connectivity index (χ2n) is 6.27. The van der Waals surface area contributed by atoms with Crippen LogP contribution in [-0.4, -0.2) is 36.5 Å². The zero-order valence-corrected chi connectivity index (χ0v) is 14.5. The quantitative estimate of drug-likeness (QED) is 0.864. The van der Waals surface area contributed by atoms with E-state index in [1.54, 1.807) is 29.5 Å². The van der Waals surface area contributed by atoms with E-state index in [4.69, 9.17) is 4.74 Å². The maximum atomic E-state index is 12.6. The van der Waals surface area contributed by atoms with Gasteiger partial charge in [0.1, 0.15) is 0 Å². The summed E-state index contributed by atoms with van der Waals surface area (Å²) < 4.78 is 5.48. The number of benzene rings is 1. The summed E-state index contributed by atoms with van der Waals surface area (Å²) in [5.41, 5.74) is 2.55. The SMILES string of the molecule is O=C1COc2c(cccc2NC(=O)N2CCC(c3ccsc3)CC2)N1. The zero-order chi connectivity index (χ0) is 17.2. The molecular weight excluding hydrogens is 338 g/mol. The lowest BCUT2D eigenvalue weighted by Gasteiger charge is -2.32. The average molecular weight is 357 g/mol. The number of hydrogen-bond donors (Lipinski definition) is 2. The molecule has 1 aromatic carbocycles. The van der Waals surface area contributed by atoms with Crippen molar-refractivity contribution in [1.82, 2.24) is 4.90 Å². The number of fused-ring (bicyclic) bond motifs is 1. The second-order valence-corrected chi connectivity index (χ2v) is 7.05. The van der Waals surface area contributed by atoms with Crippen LogP contribution >= 0.6 is 11.3 Å². The molecule has 0 atom stereocenters. The number of nitrogens with zero attached hydrogens (tertiary/aromatic N) is 1. The number of carbonyl (C=O) groups is 2. The van der Waals surface area contributed by atoms with Gasteiger partial charge >= 0.3 is 6.03 Å². The Morgan fingerprint density at radius 2 is 2.12 bits per heavy atom. The third-order valence-electron chi connectivity index (χ3n) is 4.68. The Kier molecular flexibility index (Phi) is 4.31. The molecule has 2 aromatic rings. The number of likely N-dealkylation sites (tertiary alicyclic amines) is 1. The zero-order valence-electron chi connectivity index (χ0n) is 13.7. The standard InChI is InChI=1S/C18H19N3O3S/c22-16-10-24-17-14(19-16)2-1-3-15(17)20-18(23)21-7-4-12(5-8-21)13-6-9-25-11-13/h1-3,6,9,11-12H,4-5,7-8,10H2,(H,19,22)(H,20,23). The van der Waals surface area contributed by atoms with Gasteiger partial charge in [-0.15, -0.1) is 0 Å². The Balaban J connectivity index is 1.40. The average Bonchev–Trinajstić information content (AvgIpc) is 3.16. The number of nitrogens with one attached hydrogen (secondary N) is 2. The molecule has 0 spiro atoms. The highest BCUT2D eigenvalue weighted by Crippen LogP contribution is 2.36. The minimum absolute atomic E-state index is 0.0358. The molecule has 6 nitrogen and oxygen atoms in total. The van der Waals surface area contributed by atoms with E-state index in [1.807, 2.05) is 4.90 Å². The van der Waals surface area contributed by atoms with Crippen LogP contribution in [0, 0.1) is 0 Å². The minimum atomic E-state index is -0.188. The van der Waals surface area contributed by atoms with Gasteiger partial charge in [0.05, 0.1) is 11.4 Å². The molecule has 2 aliphatic heterocycles. The summed E-state index contributed by atoms with van der Waals surface area (Å²) in [6.07, 6.45) is 1.95. The summed E-state index contributed by atoms with van der Waals surface area (Å²) in [5, 5.41) is 9.96. The number of hydrogen-bond acceptors (Lipinski definition) is 4. The third-order valence-corrected chi connectivity index (χ3v) is 5.38. The Morgan fingerprint density at radius 3 is 2.88 bits per heavy atom. The normalized spacial score (nSPS) is 17.4. The first-order chi connectivity index (χ1) is 12.2. The number of carbonyl (C=O) groups excluding carboxylic acids is 2. The highest BCUT2D eigenvalue weighted by atomic mass is 32.1. The van der Waals surface area contributed by atoms with Crippen molar-refractivity contribution in [2.45, 2.75) is 18.8 Å². The lowest BCUT2D eigenvalue weighted by atomic mass is 9.91. The fourth-order valence-corrected chi connectivity index (χ4v) is 4.07. The van der Waals surface area contributed by atoms with E-state index < -0.39 is 0 Å². The molecule has 1 saturated heterocycles. The Hall–Kier alpha value is -2.54. The molecule has 1 fully saturated rings. The van der Waals surface area contributed by atoms with E-state index in [0.717, 1.165) is 25.9 Å². The number of amides is 3. The van der Waals surface area contributed by atoms with E-state index in [1.165, 1.54) is 5.56 Å². The highest BCUT2D eigenvalue weighted by Gasteiger charge is 2.26. The molecule has 25 heavy (non-hydrogen) atoms. The van der Waals surface area contributed by atoms with Crippen molar-refractivity contribution >= 4 is 34.6 Å². The van der Waals surface area contributed by atoms with Crippen LogP contribution in [0.15, 0.2) is 35.0 Å². The van der Waals surface area contributed by atoms with Gasteiger partial charge in [-0.2, -0.15) is 11.3 Å². The van der Waals surface area contributed by atoms with Crippen LogP contribution in [0.2, 0.25) is 0 Å². The van der Waals surface area contributed by atoms with Crippen molar-refractivity contribution in [2.24, 2.45) is 0 Å². The molecule has 2 aliphatic rings. The first kappa shape index (κ1) is 16.0. The van der Waals surface area contributed by atoms with Gasteiger partial charge in [-0.3, -0.25) is 4.79 Å². The summed E-state index contributed by atoms with van der Waals surface area (Å²) in [7, 11) is 0. The molecule has 0 bridgehead atoms. The van der Waals surface area contributed by atoms with Crippen molar-refractivity contribution in [3.8, 4) is 5.75 Å². The first-order valence-corrected chi connectivity index (χ1v) is 9.28. The molecule has 3 heterocycles. The van der Waals surface area contributed by atoms with Crippen molar-refractivity contribution in [3.63, 3.8) is 0 Å². The second kappa shape index (κ2) is 6.76. The number of para-hydroxylation sites is 1. The third kappa shape index (κ3) is 3.32. The Bertz CT molecular complexity index is 783. The van der Waals surface area contributed by atoms with Crippen LogP contribution < -0.4 is 15.4 Å². The summed E-state index contributed by atoms with van der Waals surface area (Å²) in [6.45, 7) is 1.43. The topological polar surface area (TPSA) is 70.7 Å². The molecule has 0 unspecified atom stereocenters. The van der Waals surface area contributed by atoms with Crippen LogP contribution in [0.1, 0.15) is 24.3 Å². The summed E-state index contributed by atoms with van der Waals surface area (Å²) in [4.78, 5) is 25.8. The smallest absolute Gasteiger partial charge is 0.321 e. The van der Waals surface area contributed by atoms with Crippen molar-refractivity contribution in [2.75, 3.05) is 30.3 Å². The molecule has 0 saturated carbocycles. The number of rotatable bonds is 2. The lowest BCUT2D eigenvalue weighted by molar-refractivity contribution is -0.118. The van der Waals surface area contributed by atoms with Crippen LogP contribution in [-0.2, 0) is 4.79 Å². The largest absolute Gasteiger partial charge is 0.479 e. The van der Waals surface area contributed by atoms with Crippen LogP contribution in [0.4, 0.5) is 16.2 Å². The predicted molar refractivity (Wildman–Crippen MR) is 97.5 cm³/mol. The number of piperidine rings is 1. The van der Waals surface area contributed by atoms with Crippen LogP contribution in [0.25, 0.3) is 0 Å². The van der Waals surface area contributed by atoms with Gasteiger partial charge < -0.3 is 20.3 Å². The van der Waals surface area contributed by atoms with Gasteiger partial charge in [-0.05, 0) is 53.3 Å². The van der Waals surface area contributed by atoms with Gasteiger partial charge in [0.25, 0.3) is 5.91 Å². The molecule has 1 aromatic heterocycles. The summed E-state index contributed by atoms with van der Waals surface area (Å²) in [6, 6.07) is 7.37. The van der Waals surface area contributed by atoms with Crippen molar-refractivity contribution in [1.29, 1.82) is 0 Å². The maximum absolute atomic E-state index is 12.6. The lowest BCUT2D eigenvalue weighted by Crippen LogP contribution is -2.40. The predicted octanol–water partition coefficient (Wildman–Crippen LogP) is 3.49. The van der Waals surface area contributed by atoms with E-state index >= 15 is 0 Å². The number of urea groups is 1.